The monoisotopic (exact) mass is 372 g/mol. The van der Waals surface area contributed by atoms with Crippen LogP contribution < -0.4 is 4.72 Å². The zero-order valence-electron chi connectivity index (χ0n) is 13.4. The maximum atomic E-state index is 12.3. The Bertz CT molecular complexity index is 943. The summed E-state index contributed by atoms with van der Waals surface area (Å²) in [5, 5.41) is 0.445. The largest absolute Gasteiger partial charge is 0.283 e. The van der Waals surface area contributed by atoms with Crippen LogP contribution in [0.3, 0.4) is 0 Å². The number of anilines is 1. The lowest BCUT2D eigenvalue weighted by atomic mass is 10.1. The van der Waals surface area contributed by atoms with Gasteiger partial charge in [-0.05, 0) is 53.4 Å². The molecule has 6 heteroatoms. The molecule has 0 atom stereocenters. The Morgan fingerprint density at radius 2 is 1.52 bits per heavy atom. The summed E-state index contributed by atoms with van der Waals surface area (Å²) in [6, 6.07) is 18.2. The minimum atomic E-state index is -3.52. The van der Waals surface area contributed by atoms with E-state index < -0.39 is 10.0 Å². The number of hydrogen-bond acceptors (Lipinski definition) is 3. The Kier molecular flexibility index (Phi) is 5.36. The molecular weight excluding hydrogens is 356 g/mol. The Balaban J connectivity index is 1.67. The molecule has 4 nitrogen and oxygen atoms in total. The van der Waals surface area contributed by atoms with Crippen molar-refractivity contribution in [2.24, 2.45) is 0 Å². The molecule has 0 saturated carbocycles. The summed E-state index contributed by atoms with van der Waals surface area (Å²) in [6.07, 6.45) is 4.29. The van der Waals surface area contributed by atoms with Gasteiger partial charge in [-0.1, -0.05) is 41.9 Å². The molecule has 1 N–H and O–H groups in total. The van der Waals surface area contributed by atoms with E-state index in [-0.39, 0.29) is 5.75 Å². The molecule has 25 heavy (non-hydrogen) atoms. The van der Waals surface area contributed by atoms with Gasteiger partial charge in [0, 0.05) is 23.1 Å². The Hall–Kier alpha value is -2.37. The highest BCUT2D eigenvalue weighted by Gasteiger charge is 2.13. The van der Waals surface area contributed by atoms with Gasteiger partial charge in [0.15, 0.2) is 0 Å². The molecule has 0 spiro atoms. The van der Waals surface area contributed by atoms with Gasteiger partial charge in [0.05, 0.1) is 5.75 Å². The first kappa shape index (κ1) is 17.5. The first-order valence-electron chi connectivity index (χ1n) is 7.73. The molecule has 0 radical (unpaired) electrons. The van der Waals surface area contributed by atoms with Crippen molar-refractivity contribution in [3.8, 4) is 0 Å². The van der Waals surface area contributed by atoms with E-state index in [1.807, 2.05) is 24.3 Å². The number of hydrogen-bond donors (Lipinski definition) is 1. The third kappa shape index (κ3) is 5.05. The van der Waals surface area contributed by atoms with Crippen LogP contribution in [0.25, 0.3) is 0 Å². The predicted molar refractivity (Wildman–Crippen MR) is 101 cm³/mol. The maximum Gasteiger partial charge on any atom is 0.236 e. The molecule has 0 fully saturated rings. The fourth-order valence-electron chi connectivity index (χ4n) is 2.46. The van der Waals surface area contributed by atoms with Gasteiger partial charge >= 0.3 is 0 Å². The number of sulfonamides is 1. The number of nitrogens with zero attached hydrogens (tertiary/aromatic N) is 1. The van der Waals surface area contributed by atoms with Crippen molar-refractivity contribution in [3.05, 3.63) is 94.8 Å². The summed E-state index contributed by atoms with van der Waals surface area (Å²) in [6.45, 7) is 0. The van der Waals surface area contributed by atoms with E-state index in [9.17, 15) is 8.42 Å². The Morgan fingerprint density at radius 3 is 2.20 bits per heavy atom. The van der Waals surface area contributed by atoms with Crippen LogP contribution in [0.2, 0.25) is 5.02 Å². The SMILES string of the molecule is O=S(=O)(Cc1ccccc1Cl)Nc1ccc(Cc2ccncc2)cc1. The summed E-state index contributed by atoms with van der Waals surface area (Å²) in [5.74, 6) is -0.161. The lowest BCUT2D eigenvalue weighted by Crippen LogP contribution is -2.15. The molecule has 1 heterocycles. The van der Waals surface area contributed by atoms with E-state index in [1.54, 1.807) is 48.8 Å². The van der Waals surface area contributed by atoms with E-state index in [0.29, 0.717) is 16.3 Å². The second-order valence-corrected chi connectivity index (χ2v) is 7.81. The summed E-state index contributed by atoms with van der Waals surface area (Å²) in [7, 11) is -3.52. The van der Waals surface area contributed by atoms with E-state index in [4.69, 9.17) is 11.6 Å². The molecule has 0 aliphatic rings. The van der Waals surface area contributed by atoms with Crippen LogP contribution in [0.15, 0.2) is 73.1 Å². The van der Waals surface area contributed by atoms with Gasteiger partial charge in [0.1, 0.15) is 0 Å². The predicted octanol–water partition coefficient (Wildman–Crippen LogP) is 4.27. The van der Waals surface area contributed by atoms with E-state index in [0.717, 1.165) is 17.5 Å². The minimum absolute atomic E-state index is 0.161. The highest BCUT2D eigenvalue weighted by molar-refractivity contribution is 7.91. The number of aromatic nitrogens is 1. The van der Waals surface area contributed by atoms with Crippen LogP contribution in [0, 0.1) is 0 Å². The van der Waals surface area contributed by atoms with Crippen LogP contribution in [-0.4, -0.2) is 13.4 Å². The Labute approximate surface area is 152 Å². The second-order valence-electron chi connectivity index (χ2n) is 5.68. The standard InChI is InChI=1S/C19H17ClN2O2S/c20-19-4-2-1-3-17(19)14-25(23,24)22-18-7-5-15(6-8-18)13-16-9-11-21-12-10-16/h1-12,22H,13-14H2. The minimum Gasteiger partial charge on any atom is -0.283 e. The lowest BCUT2D eigenvalue weighted by molar-refractivity contribution is 0.600. The zero-order chi connectivity index (χ0) is 17.7. The van der Waals surface area contributed by atoms with Gasteiger partial charge in [-0.25, -0.2) is 8.42 Å². The fourth-order valence-corrected chi connectivity index (χ4v) is 3.97. The Morgan fingerprint density at radius 1 is 0.880 bits per heavy atom. The van der Waals surface area contributed by atoms with Gasteiger partial charge in [-0.2, -0.15) is 0 Å². The molecule has 1 aromatic heterocycles. The van der Waals surface area contributed by atoms with Gasteiger partial charge in [-0.15, -0.1) is 0 Å². The highest BCUT2D eigenvalue weighted by atomic mass is 35.5. The van der Waals surface area contributed by atoms with Gasteiger partial charge in [0.2, 0.25) is 10.0 Å². The number of benzene rings is 2. The summed E-state index contributed by atoms with van der Waals surface area (Å²) >= 11 is 6.03. The van der Waals surface area contributed by atoms with Gasteiger partial charge in [0.25, 0.3) is 0 Å². The summed E-state index contributed by atoms with van der Waals surface area (Å²) in [4.78, 5) is 4.00. The maximum absolute atomic E-state index is 12.3. The number of halogens is 1. The topological polar surface area (TPSA) is 59.1 Å². The van der Waals surface area contributed by atoms with E-state index >= 15 is 0 Å². The van der Waals surface area contributed by atoms with Crippen LogP contribution >= 0.6 is 11.6 Å². The van der Waals surface area contributed by atoms with E-state index in [2.05, 4.69) is 9.71 Å². The van der Waals surface area contributed by atoms with Crippen LogP contribution in [-0.2, 0) is 22.2 Å². The van der Waals surface area contributed by atoms with Crippen molar-refractivity contribution in [1.82, 2.24) is 4.98 Å². The van der Waals surface area contributed by atoms with Gasteiger partial charge < -0.3 is 0 Å². The van der Waals surface area contributed by atoms with Crippen molar-refractivity contribution >= 4 is 27.3 Å². The number of rotatable bonds is 6. The van der Waals surface area contributed by atoms with Crippen molar-refractivity contribution < 1.29 is 8.42 Å². The smallest absolute Gasteiger partial charge is 0.236 e. The number of pyridine rings is 1. The lowest BCUT2D eigenvalue weighted by Gasteiger charge is -2.10. The zero-order valence-corrected chi connectivity index (χ0v) is 15.0. The van der Waals surface area contributed by atoms with E-state index in [1.165, 1.54) is 0 Å². The molecule has 3 rings (SSSR count). The molecule has 0 bridgehead atoms. The molecule has 0 aliphatic heterocycles. The molecule has 128 valence electrons. The molecule has 2 aromatic carbocycles. The first-order chi connectivity index (χ1) is 12.0. The van der Waals surface area contributed by atoms with Crippen molar-refractivity contribution in [2.45, 2.75) is 12.2 Å². The molecule has 0 saturated heterocycles. The van der Waals surface area contributed by atoms with Crippen molar-refractivity contribution in [1.29, 1.82) is 0 Å². The van der Waals surface area contributed by atoms with Gasteiger partial charge in [-0.3, -0.25) is 9.71 Å². The van der Waals surface area contributed by atoms with Crippen LogP contribution in [0.5, 0.6) is 0 Å². The third-order valence-corrected chi connectivity index (χ3v) is 5.29. The highest BCUT2D eigenvalue weighted by Crippen LogP contribution is 2.20. The number of nitrogens with one attached hydrogen (secondary N) is 1. The average molecular weight is 373 g/mol. The van der Waals surface area contributed by atoms with Crippen molar-refractivity contribution in [2.75, 3.05) is 4.72 Å². The molecule has 0 amide bonds. The average Bonchev–Trinajstić information content (AvgIpc) is 2.59. The summed E-state index contributed by atoms with van der Waals surface area (Å²) in [5.41, 5.74) is 3.36. The summed E-state index contributed by atoms with van der Waals surface area (Å²) < 4.78 is 27.2. The molecule has 0 unspecified atom stereocenters. The normalized spacial score (nSPS) is 11.2. The quantitative estimate of drug-likeness (QED) is 0.703. The fraction of sp³-hybridized carbons (Fsp3) is 0.105. The van der Waals surface area contributed by atoms with Crippen LogP contribution in [0.4, 0.5) is 5.69 Å². The van der Waals surface area contributed by atoms with Crippen LogP contribution in [0.1, 0.15) is 16.7 Å². The first-order valence-corrected chi connectivity index (χ1v) is 9.77. The molecule has 0 aliphatic carbocycles. The second kappa shape index (κ2) is 7.68. The van der Waals surface area contributed by atoms with Crippen molar-refractivity contribution in [3.63, 3.8) is 0 Å². The molecule has 3 aromatic rings. The molecular formula is C19H17ClN2O2S. The third-order valence-electron chi connectivity index (χ3n) is 3.69.